The molecule has 1 fully saturated rings. The number of amides is 2. The maximum absolute atomic E-state index is 12.9. The van der Waals surface area contributed by atoms with Crippen LogP contribution in [0.4, 0.5) is 8.78 Å². The summed E-state index contributed by atoms with van der Waals surface area (Å²) in [6.07, 6.45) is 1.11. The third-order valence-electron chi connectivity index (χ3n) is 2.78. The second-order valence-corrected chi connectivity index (χ2v) is 4.14. The third kappa shape index (κ3) is 2.82. The van der Waals surface area contributed by atoms with Gasteiger partial charge in [0.1, 0.15) is 0 Å². The van der Waals surface area contributed by atoms with Crippen LogP contribution in [0.15, 0.2) is 18.2 Å². The normalized spacial score (nSPS) is 18.6. The van der Waals surface area contributed by atoms with Gasteiger partial charge in [-0.15, -0.1) is 0 Å². The Morgan fingerprint density at radius 2 is 2.17 bits per heavy atom. The van der Waals surface area contributed by atoms with E-state index in [0.717, 1.165) is 12.1 Å². The molecule has 1 unspecified atom stereocenters. The highest BCUT2D eigenvalue weighted by molar-refractivity contribution is 5.94. The van der Waals surface area contributed by atoms with Gasteiger partial charge in [-0.1, -0.05) is 0 Å². The van der Waals surface area contributed by atoms with Gasteiger partial charge in [0.25, 0.3) is 5.91 Å². The Balaban J connectivity index is 1.91. The van der Waals surface area contributed by atoms with Crippen LogP contribution in [-0.4, -0.2) is 24.4 Å². The van der Waals surface area contributed by atoms with Crippen molar-refractivity contribution in [1.82, 2.24) is 10.6 Å². The Morgan fingerprint density at radius 3 is 2.78 bits per heavy atom. The molecule has 1 saturated heterocycles. The molecular formula is C12H12F2N2O2. The summed E-state index contributed by atoms with van der Waals surface area (Å²) >= 11 is 0. The molecule has 1 heterocycles. The average Bonchev–Trinajstić information content (AvgIpc) is 2.75. The van der Waals surface area contributed by atoms with Crippen LogP contribution >= 0.6 is 0 Å². The first-order chi connectivity index (χ1) is 8.56. The number of hydrogen-bond donors (Lipinski definition) is 2. The molecule has 2 rings (SSSR count). The summed E-state index contributed by atoms with van der Waals surface area (Å²) in [5.41, 5.74) is 0.0539. The second kappa shape index (κ2) is 5.12. The molecule has 0 bridgehead atoms. The lowest BCUT2D eigenvalue weighted by Crippen LogP contribution is -2.38. The van der Waals surface area contributed by atoms with E-state index in [2.05, 4.69) is 10.6 Å². The van der Waals surface area contributed by atoms with Crippen molar-refractivity contribution < 1.29 is 18.4 Å². The number of carbonyl (C=O) groups excluding carboxylic acids is 2. The van der Waals surface area contributed by atoms with E-state index in [4.69, 9.17) is 0 Å². The van der Waals surface area contributed by atoms with Crippen LogP contribution in [0, 0.1) is 11.6 Å². The van der Waals surface area contributed by atoms with Crippen molar-refractivity contribution in [2.24, 2.45) is 0 Å². The molecule has 0 aliphatic carbocycles. The molecule has 18 heavy (non-hydrogen) atoms. The third-order valence-corrected chi connectivity index (χ3v) is 2.78. The molecule has 0 saturated carbocycles. The summed E-state index contributed by atoms with van der Waals surface area (Å²) < 4.78 is 25.6. The van der Waals surface area contributed by atoms with E-state index >= 15 is 0 Å². The molecule has 0 radical (unpaired) electrons. The van der Waals surface area contributed by atoms with Crippen LogP contribution in [0.2, 0.25) is 0 Å². The fourth-order valence-electron chi connectivity index (χ4n) is 1.79. The van der Waals surface area contributed by atoms with Gasteiger partial charge in [0.2, 0.25) is 5.91 Å². The van der Waals surface area contributed by atoms with Crippen LogP contribution in [0.25, 0.3) is 0 Å². The maximum Gasteiger partial charge on any atom is 0.251 e. The highest BCUT2D eigenvalue weighted by atomic mass is 19.2. The summed E-state index contributed by atoms with van der Waals surface area (Å²) in [5, 5.41) is 5.26. The zero-order chi connectivity index (χ0) is 13.1. The summed E-state index contributed by atoms with van der Waals surface area (Å²) in [6.45, 7) is 0.281. The van der Waals surface area contributed by atoms with Crippen molar-refractivity contribution in [3.63, 3.8) is 0 Å². The lowest BCUT2D eigenvalue weighted by Gasteiger charge is -2.11. The first-order valence-electron chi connectivity index (χ1n) is 5.59. The van der Waals surface area contributed by atoms with Gasteiger partial charge in [0.05, 0.1) is 0 Å². The van der Waals surface area contributed by atoms with Crippen LogP contribution in [-0.2, 0) is 4.79 Å². The Kier molecular flexibility index (Phi) is 3.55. The molecule has 2 amide bonds. The zero-order valence-corrected chi connectivity index (χ0v) is 9.50. The molecule has 6 heteroatoms. The van der Waals surface area contributed by atoms with Gasteiger partial charge < -0.3 is 10.6 Å². The van der Waals surface area contributed by atoms with E-state index in [-0.39, 0.29) is 24.1 Å². The van der Waals surface area contributed by atoms with Crippen molar-refractivity contribution in [1.29, 1.82) is 0 Å². The minimum absolute atomic E-state index is 0.0397. The van der Waals surface area contributed by atoms with E-state index in [1.165, 1.54) is 6.07 Å². The van der Waals surface area contributed by atoms with Crippen molar-refractivity contribution in [3.8, 4) is 0 Å². The van der Waals surface area contributed by atoms with E-state index in [1.54, 1.807) is 0 Å². The fourth-order valence-corrected chi connectivity index (χ4v) is 1.79. The summed E-state index contributed by atoms with van der Waals surface area (Å²) in [6, 6.07) is 2.87. The van der Waals surface area contributed by atoms with Crippen LogP contribution in [0.3, 0.4) is 0 Å². The van der Waals surface area contributed by atoms with Gasteiger partial charge >= 0.3 is 0 Å². The van der Waals surface area contributed by atoms with Gasteiger partial charge in [0, 0.05) is 24.6 Å². The van der Waals surface area contributed by atoms with E-state index in [0.29, 0.717) is 12.8 Å². The summed E-state index contributed by atoms with van der Waals surface area (Å²) in [4.78, 5) is 22.6. The number of nitrogens with one attached hydrogen (secondary N) is 2. The molecule has 1 atom stereocenters. The van der Waals surface area contributed by atoms with Gasteiger partial charge in [-0.3, -0.25) is 9.59 Å². The lowest BCUT2D eigenvalue weighted by atomic mass is 10.2. The first-order valence-corrected chi connectivity index (χ1v) is 5.59. The number of rotatable bonds is 3. The average molecular weight is 254 g/mol. The Hall–Kier alpha value is -1.98. The van der Waals surface area contributed by atoms with Gasteiger partial charge in [-0.2, -0.15) is 0 Å². The van der Waals surface area contributed by atoms with Gasteiger partial charge in [-0.25, -0.2) is 8.78 Å². The lowest BCUT2D eigenvalue weighted by molar-refractivity contribution is -0.119. The predicted octanol–water partition coefficient (Wildman–Crippen LogP) is 0.973. The van der Waals surface area contributed by atoms with Crippen LogP contribution in [0.1, 0.15) is 23.2 Å². The molecule has 0 aromatic heterocycles. The minimum atomic E-state index is -1.06. The Morgan fingerprint density at radius 1 is 1.39 bits per heavy atom. The standard InChI is InChI=1S/C12H12F2N2O2/c13-9-3-1-7(5-10(9)14)12(18)15-6-8-2-4-11(17)16-8/h1,3,5,8H,2,4,6H2,(H,15,18)(H,16,17). The maximum atomic E-state index is 12.9. The van der Waals surface area contributed by atoms with Crippen LogP contribution < -0.4 is 10.6 Å². The molecule has 1 aliphatic heterocycles. The molecule has 1 aromatic carbocycles. The van der Waals surface area contributed by atoms with Gasteiger partial charge in [-0.05, 0) is 24.6 Å². The molecule has 4 nitrogen and oxygen atoms in total. The van der Waals surface area contributed by atoms with Crippen molar-refractivity contribution >= 4 is 11.8 Å². The van der Waals surface area contributed by atoms with E-state index in [1.807, 2.05) is 0 Å². The van der Waals surface area contributed by atoms with Crippen molar-refractivity contribution in [2.75, 3.05) is 6.54 Å². The number of carbonyl (C=O) groups is 2. The van der Waals surface area contributed by atoms with E-state index in [9.17, 15) is 18.4 Å². The van der Waals surface area contributed by atoms with Crippen molar-refractivity contribution in [2.45, 2.75) is 18.9 Å². The SMILES string of the molecule is O=C1CCC(CNC(=O)c2ccc(F)c(F)c2)N1. The largest absolute Gasteiger partial charge is 0.352 e. The number of benzene rings is 1. The Labute approximate surface area is 102 Å². The second-order valence-electron chi connectivity index (χ2n) is 4.14. The Bertz CT molecular complexity index is 491. The van der Waals surface area contributed by atoms with Crippen molar-refractivity contribution in [3.05, 3.63) is 35.4 Å². The smallest absolute Gasteiger partial charge is 0.251 e. The summed E-state index contributed by atoms with van der Waals surface area (Å²) in [5.74, 6) is -2.58. The highest BCUT2D eigenvalue weighted by Crippen LogP contribution is 2.09. The molecular weight excluding hydrogens is 242 g/mol. The zero-order valence-electron chi connectivity index (χ0n) is 9.50. The monoisotopic (exact) mass is 254 g/mol. The molecule has 0 spiro atoms. The number of hydrogen-bond acceptors (Lipinski definition) is 2. The van der Waals surface area contributed by atoms with E-state index < -0.39 is 17.5 Å². The van der Waals surface area contributed by atoms with Gasteiger partial charge in [0.15, 0.2) is 11.6 Å². The highest BCUT2D eigenvalue weighted by Gasteiger charge is 2.21. The molecule has 1 aliphatic rings. The quantitative estimate of drug-likeness (QED) is 0.844. The minimum Gasteiger partial charge on any atom is -0.352 e. The summed E-state index contributed by atoms with van der Waals surface area (Å²) in [7, 11) is 0. The molecule has 1 aromatic rings. The van der Waals surface area contributed by atoms with Crippen LogP contribution in [0.5, 0.6) is 0 Å². The first kappa shape index (κ1) is 12.5. The molecule has 2 N–H and O–H groups in total. The predicted molar refractivity (Wildman–Crippen MR) is 59.9 cm³/mol. The fraction of sp³-hybridized carbons (Fsp3) is 0.333. The molecule has 96 valence electrons. The topological polar surface area (TPSA) is 58.2 Å². The number of halogens is 2.